The van der Waals surface area contributed by atoms with Crippen molar-refractivity contribution in [1.82, 2.24) is 14.8 Å². The zero-order valence-corrected chi connectivity index (χ0v) is 15.8. The molecule has 2 amide bonds. The van der Waals surface area contributed by atoms with Gasteiger partial charge in [-0.3, -0.25) is 19.4 Å². The molecule has 2 aliphatic rings. The predicted molar refractivity (Wildman–Crippen MR) is 100 cm³/mol. The summed E-state index contributed by atoms with van der Waals surface area (Å²) in [6.45, 7) is 0.126. The number of carbonyl (C=O) groups excluding carboxylic acids is 3. The summed E-state index contributed by atoms with van der Waals surface area (Å²) in [5, 5.41) is 0. The van der Waals surface area contributed by atoms with Gasteiger partial charge in [-0.05, 0) is 18.1 Å². The van der Waals surface area contributed by atoms with E-state index in [1.165, 1.54) is 18.2 Å². The van der Waals surface area contributed by atoms with Crippen molar-refractivity contribution in [3.63, 3.8) is 0 Å². The summed E-state index contributed by atoms with van der Waals surface area (Å²) in [7, 11) is 1.33. The van der Waals surface area contributed by atoms with Crippen LogP contribution in [0.25, 0.3) is 0 Å². The molecule has 0 spiro atoms. The Morgan fingerprint density at radius 2 is 1.97 bits per heavy atom. The van der Waals surface area contributed by atoms with Gasteiger partial charge in [-0.25, -0.2) is 4.39 Å². The van der Waals surface area contributed by atoms with Crippen LogP contribution in [0.1, 0.15) is 28.4 Å². The Hall–Kier alpha value is -3.29. The van der Waals surface area contributed by atoms with Crippen molar-refractivity contribution in [2.45, 2.75) is 18.5 Å². The number of hydrogen-bond acceptors (Lipinski definition) is 5. The molecule has 1 aromatic carbocycles. The van der Waals surface area contributed by atoms with Crippen molar-refractivity contribution < 1.29 is 23.5 Å². The normalized spacial score (nSPS) is 23.7. The zero-order chi connectivity index (χ0) is 20.5. The van der Waals surface area contributed by atoms with E-state index in [1.807, 2.05) is 30.3 Å². The van der Waals surface area contributed by atoms with Crippen LogP contribution < -0.4 is 0 Å². The summed E-state index contributed by atoms with van der Waals surface area (Å²) in [4.78, 5) is 45.0. The highest BCUT2D eigenvalue weighted by Gasteiger charge is 2.51. The van der Waals surface area contributed by atoms with Gasteiger partial charge in [-0.15, -0.1) is 0 Å². The first-order valence-electron chi connectivity index (χ1n) is 9.33. The molecule has 0 radical (unpaired) electrons. The second kappa shape index (κ2) is 7.62. The lowest BCUT2D eigenvalue weighted by atomic mass is 9.93. The number of halogens is 1. The topological polar surface area (TPSA) is 79.8 Å². The van der Waals surface area contributed by atoms with Crippen LogP contribution >= 0.6 is 0 Å². The summed E-state index contributed by atoms with van der Waals surface area (Å²) in [6.07, 6.45) is 2.69. The summed E-state index contributed by atoms with van der Waals surface area (Å²) >= 11 is 0. The molecule has 2 aromatic rings. The zero-order valence-electron chi connectivity index (χ0n) is 15.8. The van der Waals surface area contributed by atoms with Gasteiger partial charge in [0.05, 0.1) is 36.9 Å². The largest absolute Gasteiger partial charge is 0.469 e. The van der Waals surface area contributed by atoms with E-state index in [2.05, 4.69) is 4.98 Å². The minimum absolute atomic E-state index is 0.0911. The van der Waals surface area contributed by atoms with Crippen LogP contribution in [0.5, 0.6) is 0 Å². The lowest BCUT2D eigenvalue weighted by Gasteiger charge is -2.40. The van der Waals surface area contributed by atoms with E-state index in [1.54, 1.807) is 4.90 Å². The van der Waals surface area contributed by atoms with Crippen molar-refractivity contribution in [2.75, 3.05) is 20.2 Å². The maximum absolute atomic E-state index is 13.4. The number of methoxy groups -OCH3 is 1. The Balaban J connectivity index is 1.62. The van der Waals surface area contributed by atoms with Gasteiger partial charge in [-0.1, -0.05) is 30.3 Å². The molecular formula is C21H20FN3O4. The fourth-order valence-electron chi connectivity index (χ4n) is 4.33. The van der Waals surface area contributed by atoms with Crippen molar-refractivity contribution in [3.05, 3.63) is 65.7 Å². The second-order valence-electron chi connectivity index (χ2n) is 7.25. The van der Waals surface area contributed by atoms with Crippen LogP contribution in [-0.4, -0.2) is 58.8 Å². The Kier molecular flexibility index (Phi) is 5.00. The Labute approximate surface area is 167 Å². The van der Waals surface area contributed by atoms with Crippen molar-refractivity contribution in [1.29, 1.82) is 0 Å². The molecule has 1 aromatic heterocycles. The molecule has 0 aliphatic carbocycles. The lowest BCUT2D eigenvalue weighted by molar-refractivity contribution is -0.147. The molecule has 0 saturated carbocycles. The third-order valence-corrected chi connectivity index (χ3v) is 5.53. The van der Waals surface area contributed by atoms with E-state index in [0.717, 1.165) is 17.8 Å². The Morgan fingerprint density at radius 1 is 1.21 bits per heavy atom. The first-order chi connectivity index (χ1) is 14.0. The van der Waals surface area contributed by atoms with E-state index in [0.29, 0.717) is 6.42 Å². The van der Waals surface area contributed by atoms with Gasteiger partial charge >= 0.3 is 5.97 Å². The first kappa shape index (κ1) is 19.0. The quantitative estimate of drug-likeness (QED) is 0.738. The number of nitrogens with zero attached hydrogens (tertiary/aromatic N) is 3. The maximum atomic E-state index is 13.4. The van der Waals surface area contributed by atoms with Crippen LogP contribution in [0.15, 0.2) is 48.8 Å². The van der Waals surface area contributed by atoms with Crippen molar-refractivity contribution in [2.24, 2.45) is 5.92 Å². The number of fused-ring (bicyclic) bond motifs is 1. The number of amides is 2. The molecule has 7 nitrogen and oxygen atoms in total. The third kappa shape index (κ3) is 3.46. The van der Waals surface area contributed by atoms with Crippen LogP contribution in [0.2, 0.25) is 0 Å². The molecule has 3 heterocycles. The van der Waals surface area contributed by atoms with E-state index >= 15 is 0 Å². The number of esters is 1. The Bertz CT molecular complexity index is 952. The van der Waals surface area contributed by atoms with Crippen molar-refractivity contribution in [3.8, 4) is 0 Å². The van der Waals surface area contributed by atoms with E-state index in [9.17, 15) is 18.8 Å². The van der Waals surface area contributed by atoms with Gasteiger partial charge in [0.15, 0.2) is 0 Å². The molecule has 150 valence electrons. The van der Waals surface area contributed by atoms with E-state index in [4.69, 9.17) is 4.74 Å². The van der Waals surface area contributed by atoms with E-state index < -0.39 is 23.7 Å². The average Bonchev–Trinajstić information content (AvgIpc) is 3.13. The molecule has 3 atom stereocenters. The monoisotopic (exact) mass is 397 g/mol. The second-order valence-corrected chi connectivity index (χ2v) is 7.25. The number of benzene rings is 1. The molecule has 0 unspecified atom stereocenters. The molecule has 2 saturated heterocycles. The van der Waals surface area contributed by atoms with Crippen LogP contribution in [0, 0.1) is 11.7 Å². The number of rotatable bonds is 3. The van der Waals surface area contributed by atoms with E-state index in [-0.39, 0.29) is 36.6 Å². The Morgan fingerprint density at radius 3 is 2.66 bits per heavy atom. The third-order valence-electron chi connectivity index (χ3n) is 5.53. The number of carbonyl (C=O) groups is 3. The van der Waals surface area contributed by atoms with Gasteiger partial charge in [0.2, 0.25) is 5.91 Å². The minimum atomic E-state index is -0.614. The molecule has 8 heteroatoms. The minimum Gasteiger partial charge on any atom is -0.469 e. The summed E-state index contributed by atoms with van der Waals surface area (Å²) < 4.78 is 18.4. The summed E-state index contributed by atoms with van der Waals surface area (Å²) in [6, 6.07) is 9.69. The first-order valence-corrected chi connectivity index (χ1v) is 9.33. The molecule has 2 aliphatic heterocycles. The number of ether oxygens (including phenoxy) is 1. The summed E-state index contributed by atoms with van der Waals surface area (Å²) in [5.41, 5.74) is 0.946. The van der Waals surface area contributed by atoms with Gasteiger partial charge < -0.3 is 14.5 Å². The maximum Gasteiger partial charge on any atom is 0.311 e. The number of aromatic nitrogens is 1. The molecule has 2 fully saturated rings. The smallest absolute Gasteiger partial charge is 0.311 e. The van der Waals surface area contributed by atoms with Gasteiger partial charge in [0, 0.05) is 12.7 Å². The van der Waals surface area contributed by atoms with Crippen molar-refractivity contribution >= 4 is 17.8 Å². The highest BCUT2D eigenvalue weighted by molar-refractivity contribution is 5.97. The van der Waals surface area contributed by atoms with Crippen LogP contribution in [-0.2, 0) is 14.3 Å². The number of piperazine rings is 1. The number of pyridine rings is 1. The number of hydrogen-bond donors (Lipinski definition) is 0. The fraction of sp³-hybridized carbons (Fsp3) is 0.333. The molecular weight excluding hydrogens is 377 g/mol. The molecule has 29 heavy (non-hydrogen) atoms. The highest BCUT2D eigenvalue weighted by atomic mass is 19.1. The SMILES string of the molecule is COC(=O)[C@H]1C[C@H]2CN(C(=O)c3cncc(F)c3)CC(=O)N2[C@H]1c1ccccc1. The van der Waals surface area contributed by atoms with Gasteiger partial charge in [0.1, 0.15) is 12.4 Å². The average molecular weight is 397 g/mol. The summed E-state index contributed by atoms with van der Waals surface area (Å²) in [5.74, 6) is -2.21. The van der Waals surface area contributed by atoms with Gasteiger partial charge in [0.25, 0.3) is 5.91 Å². The molecule has 0 bridgehead atoms. The molecule has 4 rings (SSSR count). The standard InChI is InChI=1S/C21H20FN3O4/c1-29-21(28)17-8-16-11-24(20(27)14-7-15(22)10-23-9-14)12-18(26)25(16)19(17)13-5-3-2-4-6-13/h2-7,9-10,16-17,19H,8,11-12H2,1H3/t16-,17-,19-/m0/s1. The lowest BCUT2D eigenvalue weighted by Crippen LogP contribution is -2.55. The van der Waals surface area contributed by atoms with Crippen LogP contribution in [0.3, 0.4) is 0 Å². The fourth-order valence-corrected chi connectivity index (χ4v) is 4.33. The highest BCUT2D eigenvalue weighted by Crippen LogP contribution is 2.43. The van der Waals surface area contributed by atoms with Gasteiger partial charge in [-0.2, -0.15) is 0 Å². The predicted octanol–water partition coefficient (Wildman–Crippen LogP) is 1.81. The van der Waals surface area contributed by atoms with Crippen LogP contribution in [0.4, 0.5) is 4.39 Å². The molecule has 0 N–H and O–H groups in total.